The van der Waals surface area contributed by atoms with Crippen molar-refractivity contribution in [1.82, 2.24) is 4.90 Å². The first kappa shape index (κ1) is 14.1. The Morgan fingerprint density at radius 3 is 2.57 bits per heavy atom. The maximum Gasteiger partial charge on any atom is 0.254 e. The summed E-state index contributed by atoms with van der Waals surface area (Å²) in [6.45, 7) is 0.772. The molecule has 2 aliphatic rings. The third-order valence-corrected chi connectivity index (χ3v) is 4.93. The Morgan fingerprint density at radius 2 is 1.78 bits per heavy atom. The predicted molar refractivity (Wildman–Crippen MR) is 87.2 cm³/mol. The Bertz CT molecular complexity index is 784. The lowest BCUT2D eigenvalue weighted by Gasteiger charge is -2.41. The molecular weight excluding hydrogens is 290 g/mol. The molecule has 0 radical (unpaired) electrons. The van der Waals surface area contributed by atoms with Crippen LogP contribution < -0.4 is 9.47 Å². The normalized spacial score (nSPS) is 18.8. The maximum absolute atomic E-state index is 13.0. The molecule has 0 saturated carbocycles. The molecule has 2 heterocycles. The summed E-state index contributed by atoms with van der Waals surface area (Å²) < 4.78 is 10.7. The van der Waals surface area contributed by atoms with Gasteiger partial charge in [0, 0.05) is 12.1 Å². The van der Waals surface area contributed by atoms with Crippen LogP contribution >= 0.6 is 0 Å². The Kier molecular flexibility index (Phi) is 3.26. The fraction of sp³-hybridized carbons (Fsp3) is 0.316. The minimum absolute atomic E-state index is 0.0895. The van der Waals surface area contributed by atoms with Crippen LogP contribution in [0.3, 0.4) is 0 Å². The maximum atomic E-state index is 13.0. The third-order valence-electron chi connectivity index (χ3n) is 4.93. The van der Waals surface area contributed by atoms with Crippen molar-refractivity contribution < 1.29 is 14.3 Å². The lowest BCUT2D eigenvalue weighted by Crippen LogP contribution is -2.44. The average molecular weight is 309 g/mol. The van der Waals surface area contributed by atoms with Crippen LogP contribution in [0.1, 0.15) is 33.1 Å². The van der Waals surface area contributed by atoms with Gasteiger partial charge < -0.3 is 14.4 Å². The molecule has 0 aliphatic carbocycles. The van der Waals surface area contributed by atoms with Crippen LogP contribution in [-0.4, -0.2) is 31.6 Å². The van der Waals surface area contributed by atoms with Crippen LogP contribution in [0.2, 0.25) is 0 Å². The van der Waals surface area contributed by atoms with Crippen molar-refractivity contribution >= 4 is 5.91 Å². The molecule has 118 valence electrons. The van der Waals surface area contributed by atoms with E-state index in [1.165, 1.54) is 11.1 Å². The molecule has 0 saturated heterocycles. The van der Waals surface area contributed by atoms with Gasteiger partial charge in [0.15, 0.2) is 11.5 Å². The number of methoxy groups -OCH3 is 2. The first-order valence-electron chi connectivity index (χ1n) is 7.86. The van der Waals surface area contributed by atoms with Gasteiger partial charge in [-0.05, 0) is 41.7 Å². The molecule has 0 spiro atoms. The van der Waals surface area contributed by atoms with Gasteiger partial charge in [-0.2, -0.15) is 0 Å². The zero-order chi connectivity index (χ0) is 16.0. The van der Waals surface area contributed by atoms with Crippen molar-refractivity contribution in [2.45, 2.75) is 18.9 Å². The largest absolute Gasteiger partial charge is 0.493 e. The van der Waals surface area contributed by atoms with Crippen molar-refractivity contribution in [1.29, 1.82) is 0 Å². The summed E-state index contributed by atoms with van der Waals surface area (Å²) in [5.41, 5.74) is 4.39. The first-order chi connectivity index (χ1) is 11.2. The van der Waals surface area contributed by atoms with E-state index in [1.54, 1.807) is 14.2 Å². The summed E-state index contributed by atoms with van der Waals surface area (Å²) in [4.78, 5) is 15.0. The van der Waals surface area contributed by atoms with E-state index in [4.69, 9.17) is 9.47 Å². The molecule has 0 aromatic heterocycles. The fourth-order valence-electron chi connectivity index (χ4n) is 3.77. The highest BCUT2D eigenvalue weighted by Gasteiger charge is 2.37. The SMILES string of the molecule is COc1cc2c(cc1OC)C(=O)N1CCc3ccccc3C1C2. The van der Waals surface area contributed by atoms with Crippen LogP contribution in [0.25, 0.3) is 0 Å². The minimum atomic E-state index is 0.0895. The molecule has 0 N–H and O–H groups in total. The number of amides is 1. The molecule has 1 unspecified atom stereocenters. The van der Waals surface area contributed by atoms with Crippen LogP contribution in [0.15, 0.2) is 36.4 Å². The first-order valence-corrected chi connectivity index (χ1v) is 7.86. The van der Waals surface area contributed by atoms with Crippen molar-refractivity contribution in [3.05, 3.63) is 58.7 Å². The fourth-order valence-corrected chi connectivity index (χ4v) is 3.77. The van der Waals surface area contributed by atoms with Crippen LogP contribution in [0.4, 0.5) is 0 Å². The minimum Gasteiger partial charge on any atom is -0.493 e. The molecule has 23 heavy (non-hydrogen) atoms. The highest BCUT2D eigenvalue weighted by molar-refractivity contribution is 5.98. The van der Waals surface area contributed by atoms with E-state index < -0.39 is 0 Å². The molecule has 4 rings (SSSR count). The highest BCUT2D eigenvalue weighted by atomic mass is 16.5. The number of hydrogen-bond acceptors (Lipinski definition) is 3. The van der Waals surface area contributed by atoms with Gasteiger partial charge in [-0.25, -0.2) is 0 Å². The van der Waals surface area contributed by atoms with Crippen LogP contribution in [-0.2, 0) is 12.8 Å². The molecule has 1 amide bonds. The molecule has 4 heteroatoms. The lowest BCUT2D eigenvalue weighted by atomic mass is 9.83. The Morgan fingerprint density at radius 1 is 1.04 bits per heavy atom. The van der Waals surface area contributed by atoms with E-state index in [1.807, 2.05) is 17.0 Å². The topological polar surface area (TPSA) is 38.8 Å². The Hall–Kier alpha value is -2.49. The van der Waals surface area contributed by atoms with Crippen molar-refractivity contribution in [3.63, 3.8) is 0 Å². The van der Waals surface area contributed by atoms with E-state index in [0.29, 0.717) is 11.5 Å². The smallest absolute Gasteiger partial charge is 0.254 e. The van der Waals surface area contributed by atoms with Gasteiger partial charge in [-0.1, -0.05) is 24.3 Å². The Labute approximate surface area is 135 Å². The molecule has 0 bridgehead atoms. The van der Waals surface area contributed by atoms with E-state index in [2.05, 4.69) is 24.3 Å². The summed E-state index contributed by atoms with van der Waals surface area (Å²) in [5, 5.41) is 0. The molecule has 0 fully saturated rings. The zero-order valence-electron chi connectivity index (χ0n) is 13.3. The number of nitrogens with zero attached hydrogens (tertiary/aromatic N) is 1. The number of benzene rings is 2. The summed E-state index contributed by atoms with van der Waals surface area (Å²) in [6.07, 6.45) is 1.74. The number of fused-ring (bicyclic) bond motifs is 4. The highest BCUT2D eigenvalue weighted by Crippen LogP contribution is 2.41. The van der Waals surface area contributed by atoms with Crippen molar-refractivity contribution in [3.8, 4) is 11.5 Å². The second kappa shape index (κ2) is 5.30. The summed E-state index contributed by atoms with van der Waals surface area (Å²) in [6, 6.07) is 12.3. The third kappa shape index (κ3) is 2.09. The van der Waals surface area contributed by atoms with Gasteiger partial charge in [-0.15, -0.1) is 0 Å². The van der Waals surface area contributed by atoms with Crippen LogP contribution in [0, 0.1) is 0 Å². The van der Waals surface area contributed by atoms with Gasteiger partial charge in [0.2, 0.25) is 0 Å². The lowest BCUT2D eigenvalue weighted by molar-refractivity contribution is 0.0631. The number of carbonyl (C=O) groups is 1. The zero-order valence-corrected chi connectivity index (χ0v) is 13.3. The molecule has 4 nitrogen and oxygen atoms in total. The number of rotatable bonds is 2. The number of ether oxygens (including phenoxy) is 2. The molecule has 2 aromatic rings. The Balaban J connectivity index is 1.83. The van der Waals surface area contributed by atoms with E-state index >= 15 is 0 Å². The second-order valence-electron chi connectivity index (χ2n) is 6.03. The molecule has 1 atom stereocenters. The van der Waals surface area contributed by atoms with E-state index in [9.17, 15) is 4.79 Å². The molecular formula is C19H19NO3. The number of hydrogen-bond donors (Lipinski definition) is 0. The average Bonchev–Trinajstić information content (AvgIpc) is 2.60. The predicted octanol–water partition coefficient (Wildman–Crippen LogP) is 3.00. The van der Waals surface area contributed by atoms with Gasteiger partial charge in [0.05, 0.1) is 20.3 Å². The van der Waals surface area contributed by atoms with Gasteiger partial charge in [-0.3, -0.25) is 4.79 Å². The summed E-state index contributed by atoms with van der Waals surface area (Å²) in [5.74, 6) is 1.37. The van der Waals surface area contributed by atoms with Gasteiger partial charge >= 0.3 is 0 Å². The van der Waals surface area contributed by atoms with Gasteiger partial charge in [0.1, 0.15) is 0 Å². The van der Waals surface area contributed by atoms with Gasteiger partial charge in [0.25, 0.3) is 5.91 Å². The van der Waals surface area contributed by atoms with Crippen molar-refractivity contribution in [2.75, 3.05) is 20.8 Å². The van der Waals surface area contributed by atoms with Crippen molar-refractivity contribution in [2.24, 2.45) is 0 Å². The summed E-state index contributed by atoms with van der Waals surface area (Å²) in [7, 11) is 3.22. The van der Waals surface area contributed by atoms with E-state index in [0.717, 1.165) is 30.5 Å². The number of carbonyl (C=O) groups excluding carboxylic acids is 1. The monoisotopic (exact) mass is 309 g/mol. The van der Waals surface area contributed by atoms with Crippen LogP contribution in [0.5, 0.6) is 11.5 Å². The molecule has 2 aliphatic heterocycles. The standard InChI is InChI=1S/C19H19NO3/c1-22-17-10-13-9-16-14-6-4-3-5-12(14)7-8-20(16)19(21)15(13)11-18(17)23-2/h3-6,10-11,16H,7-9H2,1-2H3. The second-order valence-corrected chi connectivity index (χ2v) is 6.03. The molecule has 2 aromatic carbocycles. The quantitative estimate of drug-likeness (QED) is 0.856. The van der Waals surface area contributed by atoms with E-state index in [-0.39, 0.29) is 11.9 Å². The summed E-state index contributed by atoms with van der Waals surface area (Å²) >= 11 is 0.